The maximum Gasteiger partial charge on any atom is 0.257 e. The predicted octanol–water partition coefficient (Wildman–Crippen LogP) is 5.19. The number of hydrogen-bond donors (Lipinski definition) is 0. The van der Waals surface area contributed by atoms with Crippen molar-refractivity contribution in [3.8, 4) is 0 Å². The molecule has 1 unspecified atom stereocenters. The summed E-state index contributed by atoms with van der Waals surface area (Å²) in [4.78, 5) is 42.6. The Balaban J connectivity index is 1.64. The van der Waals surface area contributed by atoms with Gasteiger partial charge in [-0.2, -0.15) is 0 Å². The van der Waals surface area contributed by atoms with Gasteiger partial charge >= 0.3 is 0 Å². The lowest BCUT2D eigenvalue weighted by Gasteiger charge is -2.33. The highest BCUT2D eigenvalue weighted by atomic mass is 127. The van der Waals surface area contributed by atoms with Crippen LogP contribution in [0.2, 0.25) is 5.02 Å². The predicted molar refractivity (Wildman–Crippen MR) is 129 cm³/mol. The number of rotatable bonds is 5. The van der Waals surface area contributed by atoms with E-state index >= 15 is 0 Å². The first kappa shape index (κ1) is 22.3. The van der Waals surface area contributed by atoms with Crippen molar-refractivity contribution >= 4 is 57.6 Å². The zero-order chi connectivity index (χ0) is 22.0. The third-order valence-electron chi connectivity index (χ3n) is 6.12. The Kier molecular flexibility index (Phi) is 6.96. The van der Waals surface area contributed by atoms with E-state index in [1.807, 2.05) is 30.3 Å². The summed E-state index contributed by atoms with van der Waals surface area (Å²) in [6.07, 6.45) is 4.82. The number of carbonyl (C=O) groups is 3. The third kappa shape index (κ3) is 4.80. The maximum absolute atomic E-state index is 13.5. The van der Waals surface area contributed by atoms with Crippen molar-refractivity contribution < 1.29 is 14.4 Å². The van der Waals surface area contributed by atoms with Gasteiger partial charge in [0.05, 0.1) is 12.1 Å². The molecule has 1 atom stereocenters. The summed E-state index contributed by atoms with van der Waals surface area (Å²) in [6.45, 7) is 0.221. The van der Waals surface area contributed by atoms with E-state index in [9.17, 15) is 14.4 Å². The highest BCUT2D eigenvalue weighted by molar-refractivity contribution is 14.1. The average Bonchev–Trinajstić information content (AvgIpc) is 3.07. The van der Waals surface area contributed by atoms with Crippen LogP contribution in [0.3, 0.4) is 0 Å². The Hall–Kier alpha value is -1.93. The van der Waals surface area contributed by atoms with Crippen LogP contribution in [-0.4, -0.2) is 28.7 Å². The van der Waals surface area contributed by atoms with Crippen LogP contribution in [-0.2, 0) is 20.9 Å². The van der Waals surface area contributed by atoms with Gasteiger partial charge < -0.3 is 4.90 Å². The summed E-state index contributed by atoms with van der Waals surface area (Å²) >= 11 is 8.55. The van der Waals surface area contributed by atoms with E-state index in [1.165, 1.54) is 4.90 Å². The third-order valence-corrected chi connectivity index (χ3v) is 7.21. The molecular formula is C24H24ClIN2O3. The monoisotopic (exact) mass is 550 g/mol. The van der Waals surface area contributed by atoms with Crippen LogP contribution < -0.4 is 4.90 Å². The van der Waals surface area contributed by atoms with Crippen LogP contribution in [0.4, 0.5) is 5.69 Å². The highest BCUT2D eigenvalue weighted by Crippen LogP contribution is 2.32. The molecule has 0 bridgehead atoms. The molecule has 5 nitrogen and oxygen atoms in total. The molecule has 162 valence electrons. The molecule has 2 aromatic rings. The first-order chi connectivity index (χ1) is 15.0. The number of carbonyl (C=O) groups excluding carboxylic acids is 3. The van der Waals surface area contributed by atoms with Crippen molar-refractivity contribution in [2.24, 2.45) is 5.92 Å². The quantitative estimate of drug-likeness (QED) is 0.381. The molecular weight excluding hydrogens is 527 g/mol. The lowest BCUT2D eigenvalue weighted by atomic mass is 9.87. The van der Waals surface area contributed by atoms with E-state index in [2.05, 4.69) is 22.6 Å². The summed E-state index contributed by atoms with van der Waals surface area (Å²) in [7, 11) is 0. The van der Waals surface area contributed by atoms with Gasteiger partial charge in [0.2, 0.25) is 11.8 Å². The van der Waals surface area contributed by atoms with Gasteiger partial charge in [0.25, 0.3) is 5.91 Å². The minimum atomic E-state index is -0.808. The van der Waals surface area contributed by atoms with Crippen LogP contribution in [0.25, 0.3) is 0 Å². The van der Waals surface area contributed by atoms with E-state index in [0.717, 1.165) is 41.2 Å². The number of hydrogen-bond acceptors (Lipinski definition) is 3. The number of anilines is 1. The summed E-state index contributed by atoms with van der Waals surface area (Å²) in [6, 6.07) is 13.8. The number of halogens is 2. The molecule has 1 aliphatic heterocycles. The molecule has 7 heteroatoms. The fraction of sp³-hybridized carbons (Fsp3) is 0.375. The van der Waals surface area contributed by atoms with Gasteiger partial charge in [-0.15, -0.1) is 0 Å². The average molecular weight is 551 g/mol. The first-order valence-electron chi connectivity index (χ1n) is 10.6. The Bertz CT molecular complexity index is 989. The second-order valence-electron chi connectivity index (χ2n) is 8.16. The normalized spacial score (nSPS) is 19.7. The minimum absolute atomic E-state index is 0.00622. The second kappa shape index (κ2) is 9.69. The standard InChI is InChI=1S/C24H24ClIN2O3/c25-20-9-5-4-8-17(20)15-27(23(30)16-6-2-1-3-7-16)21-14-22(29)28(24(21)31)19-12-10-18(26)11-13-19/h4-5,8-13,16,21H,1-3,6-7,14-15H2. The first-order valence-corrected chi connectivity index (χ1v) is 12.1. The molecule has 2 aromatic carbocycles. The van der Waals surface area contributed by atoms with E-state index in [4.69, 9.17) is 11.6 Å². The van der Waals surface area contributed by atoms with Crippen LogP contribution in [0.1, 0.15) is 44.1 Å². The number of amides is 3. The van der Waals surface area contributed by atoms with Crippen LogP contribution in [0, 0.1) is 9.49 Å². The molecule has 0 aromatic heterocycles. The lowest BCUT2D eigenvalue weighted by molar-refractivity contribution is -0.143. The van der Waals surface area contributed by atoms with Crippen molar-refractivity contribution in [2.75, 3.05) is 4.90 Å². The van der Waals surface area contributed by atoms with Crippen molar-refractivity contribution in [1.82, 2.24) is 4.90 Å². The van der Waals surface area contributed by atoms with E-state index in [0.29, 0.717) is 10.7 Å². The number of imide groups is 1. The highest BCUT2D eigenvalue weighted by Gasteiger charge is 2.45. The van der Waals surface area contributed by atoms with Crippen LogP contribution >= 0.6 is 34.2 Å². The van der Waals surface area contributed by atoms with Crippen molar-refractivity contribution in [3.63, 3.8) is 0 Å². The smallest absolute Gasteiger partial charge is 0.257 e. The largest absolute Gasteiger partial charge is 0.325 e. The van der Waals surface area contributed by atoms with Gasteiger partial charge in [0.15, 0.2) is 0 Å². The van der Waals surface area contributed by atoms with E-state index < -0.39 is 6.04 Å². The Labute approximate surface area is 200 Å². The van der Waals surface area contributed by atoms with Gasteiger partial charge in [0.1, 0.15) is 6.04 Å². The van der Waals surface area contributed by atoms with Crippen LogP contribution in [0.15, 0.2) is 48.5 Å². The zero-order valence-corrected chi connectivity index (χ0v) is 20.0. The van der Waals surface area contributed by atoms with E-state index in [1.54, 1.807) is 23.1 Å². The molecule has 2 aliphatic rings. The molecule has 0 radical (unpaired) electrons. The molecule has 0 spiro atoms. The maximum atomic E-state index is 13.5. The summed E-state index contributed by atoms with van der Waals surface area (Å²) in [5, 5.41) is 0.551. The van der Waals surface area contributed by atoms with Crippen molar-refractivity contribution in [1.29, 1.82) is 0 Å². The van der Waals surface area contributed by atoms with Gasteiger partial charge in [-0.05, 0) is 71.3 Å². The van der Waals surface area contributed by atoms with Gasteiger partial charge in [0, 0.05) is 21.1 Å². The minimum Gasteiger partial charge on any atom is -0.325 e. The van der Waals surface area contributed by atoms with Crippen molar-refractivity contribution in [2.45, 2.75) is 51.1 Å². The van der Waals surface area contributed by atoms with Crippen molar-refractivity contribution in [3.05, 3.63) is 62.7 Å². The Morgan fingerprint density at radius 1 is 1.03 bits per heavy atom. The molecule has 1 saturated carbocycles. The molecule has 3 amide bonds. The van der Waals surface area contributed by atoms with Gasteiger partial charge in [-0.1, -0.05) is 49.1 Å². The van der Waals surface area contributed by atoms with Gasteiger partial charge in [-0.25, -0.2) is 4.90 Å². The lowest BCUT2D eigenvalue weighted by Crippen LogP contribution is -2.47. The SMILES string of the molecule is O=C1CC(N(Cc2ccccc2Cl)C(=O)C2CCCCC2)C(=O)N1c1ccc(I)cc1. The fourth-order valence-corrected chi connectivity index (χ4v) is 5.01. The summed E-state index contributed by atoms with van der Waals surface area (Å²) in [5.74, 6) is -0.777. The number of benzene rings is 2. The fourth-order valence-electron chi connectivity index (χ4n) is 4.46. The summed E-state index contributed by atoms with van der Waals surface area (Å²) < 4.78 is 1.02. The zero-order valence-electron chi connectivity index (χ0n) is 17.1. The molecule has 0 N–H and O–H groups in total. The number of nitrogens with zero attached hydrogens (tertiary/aromatic N) is 2. The summed E-state index contributed by atoms with van der Waals surface area (Å²) in [5.41, 5.74) is 1.32. The molecule has 2 fully saturated rings. The topological polar surface area (TPSA) is 57.7 Å². The second-order valence-corrected chi connectivity index (χ2v) is 9.81. The van der Waals surface area contributed by atoms with E-state index in [-0.39, 0.29) is 36.6 Å². The Morgan fingerprint density at radius 3 is 2.39 bits per heavy atom. The Morgan fingerprint density at radius 2 is 1.71 bits per heavy atom. The van der Waals surface area contributed by atoms with Crippen LogP contribution in [0.5, 0.6) is 0 Å². The van der Waals surface area contributed by atoms with Gasteiger partial charge in [-0.3, -0.25) is 14.4 Å². The molecule has 1 saturated heterocycles. The molecule has 1 aliphatic carbocycles. The molecule has 1 heterocycles. The molecule has 4 rings (SSSR count). The molecule has 31 heavy (non-hydrogen) atoms.